The molecule has 3 aliphatic rings. The molecule has 2 saturated heterocycles. The van der Waals surface area contributed by atoms with E-state index in [0.717, 1.165) is 16.7 Å². The van der Waals surface area contributed by atoms with Crippen molar-refractivity contribution in [3.63, 3.8) is 0 Å². The smallest absolute Gasteiger partial charge is 0.255 e. The number of fused-ring (bicyclic) bond motifs is 1. The predicted octanol–water partition coefficient (Wildman–Crippen LogP) is 1.05. The standard InChI is InChI=1S/C25H24BN3O6/c26-23(28-10-11-34-14-22(28)31)16-6-4-15(5-7-16)13-35-20-3-1-2-17-18(20)12-29(25(17)33)19-8-9-21(30)27-24(19)32/h1-7,19,23H,8-14H2,(H,27,30,32). The molecule has 9 nitrogen and oxygen atoms in total. The second kappa shape index (κ2) is 9.54. The summed E-state index contributed by atoms with van der Waals surface area (Å²) in [6.07, 6.45) is 0.518. The van der Waals surface area contributed by atoms with E-state index in [2.05, 4.69) is 5.32 Å². The molecule has 10 heteroatoms. The van der Waals surface area contributed by atoms with Crippen LogP contribution in [0, 0.1) is 0 Å². The monoisotopic (exact) mass is 473 g/mol. The van der Waals surface area contributed by atoms with E-state index in [1.54, 1.807) is 23.1 Å². The van der Waals surface area contributed by atoms with E-state index in [9.17, 15) is 19.2 Å². The molecule has 4 amide bonds. The number of nitrogens with one attached hydrogen (secondary N) is 1. The molecule has 2 radical (unpaired) electrons. The van der Waals surface area contributed by atoms with E-state index in [1.165, 1.54) is 4.90 Å². The molecule has 2 unspecified atom stereocenters. The lowest BCUT2D eigenvalue weighted by atomic mass is 9.86. The fourth-order valence-corrected chi connectivity index (χ4v) is 4.67. The van der Waals surface area contributed by atoms with Crippen LogP contribution < -0.4 is 10.1 Å². The van der Waals surface area contributed by atoms with Crippen LogP contribution in [0.4, 0.5) is 0 Å². The summed E-state index contributed by atoms with van der Waals surface area (Å²) in [6, 6.07) is 12.1. The highest BCUT2D eigenvalue weighted by Crippen LogP contribution is 2.34. The van der Waals surface area contributed by atoms with Gasteiger partial charge in [-0.05, 0) is 29.7 Å². The number of amides is 4. The molecule has 0 bridgehead atoms. The molecular weight excluding hydrogens is 449 g/mol. The van der Waals surface area contributed by atoms with Crippen LogP contribution in [-0.4, -0.2) is 67.1 Å². The van der Waals surface area contributed by atoms with Gasteiger partial charge in [0.15, 0.2) is 0 Å². The Bertz CT molecular complexity index is 1180. The van der Waals surface area contributed by atoms with Gasteiger partial charge in [0.05, 0.1) is 13.2 Å². The highest BCUT2D eigenvalue weighted by Gasteiger charge is 2.40. The summed E-state index contributed by atoms with van der Waals surface area (Å²) in [6.45, 7) is 1.49. The Kier molecular flexibility index (Phi) is 6.30. The average molecular weight is 473 g/mol. The Morgan fingerprint density at radius 2 is 1.91 bits per heavy atom. The van der Waals surface area contributed by atoms with Crippen LogP contribution >= 0.6 is 0 Å². The van der Waals surface area contributed by atoms with E-state index in [0.29, 0.717) is 30.9 Å². The van der Waals surface area contributed by atoms with Gasteiger partial charge in [-0.15, -0.1) is 0 Å². The van der Waals surface area contributed by atoms with Crippen molar-refractivity contribution in [3.8, 4) is 5.75 Å². The van der Waals surface area contributed by atoms with Gasteiger partial charge in [0.25, 0.3) is 5.91 Å². The van der Waals surface area contributed by atoms with Crippen LogP contribution in [0.1, 0.15) is 45.8 Å². The third kappa shape index (κ3) is 4.53. The van der Waals surface area contributed by atoms with E-state index in [4.69, 9.17) is 17.3 Å². The number of morpholine rings is 1. The summed E-state index contributed by atoms with van der Waals surface area (Å²) < 4.78 is 11.2. The van der Waals surface area contributed by atoms with E-state index >= 15 is 0 Å². The average Bonchev–Trinajstić information content (AvgIpc) is 3.20. The zero-order valence-corrected chi connectivity index (χ0v) is 19.1. The molecule has 35 heavy (non-hydrogen) atoms. The van der Waals surface area contributed by atoms with Gasteiger partial charge in [-0.25, -0.2) is 0 Å². The summed E-state index contributed by atoms with van der Waals surface area (Å²) >= 11 is 0. The molecule has 178 valence electrons. The van der Waals surface area contributed by atoms with Crippen LogP contribution in [0.25, 0.3) is 0 Å². The quantitative estimate of drug-likeness (QED) is 0.497. The number of hydrogen-bond donors (Lipinski definition) is 1. The minimum atomic E-state index is -0.671. The van der Waals surface area contributed by atoms with E-state index in [1.807, 2.05) is 24.3 Å². The first-order valence-corrected chi connectivity index (χ1v) is 11.5. The third-order valence-electron chi connectivity index (χ3n) is 6.61. The van der Waals surface area contributed by atoms with Gasteiger partial charge in [0.1, 0.15) is 32.9 Å². The molecule has 3 aliphatic heterocycles. The van der Waals surface area contributed by atoms with Crippen molar-refractivity contribution in [2.24, 2.45) is 0 Å². The summed E-state index contributed by atoms with van der Waals surface area (Å²) in [4.78, 5) is 51.9. The fourth-order valence-electron chi connectivity index (χ4n) is 4.67. The van der Waals surface area contributed by atoms with E-state index in [-0.39, 0.29) is 43.9 Å². The molecule has 5 rings (SSSR count). The Morgan fingerprint density at radius 1 is 1.11 bits per heavy atom. The molecule has 2 aromatic rings. The van der Waals surface area contributed by atoms with Crippen molar-refractivity contribution in [2.45, 2.75) is 38.0 Å². The number of carbonyl (C=O) groups excluding carboxylic acids is 4. The minimum absolute atomic E-state index is 0.0461. The number of nitrogens with zero attached hydrogens (tertiary/aromatic N) is 2. The maximum absolute atomic E-state index is 13.0. The largest absolute Gasteiger partial charge is 0.489 e. The molecule has 1 N–H and O–H groups in total. The van der Waals surface area contributed by atoms with Crippen molar-refractivity contribution in [1.82, 2.24) is 15.1 Å². The lowest BCUT2D eigenvalue weighted by molar-refractivity contribution is -0.143. The number of carbonyl (C=O) groups is 4. The zero-order chi connectivity index (χ0) is 24.5. The van der Waals surface area contributed by atoms with Gasteiger partial charge in [-0.2, -0.15) is 0 Å². The van der Waals surface area contributed by atoms with Gasteiger partial charge in [0.2, 0.25) is 17.7 Å². The number of ether oxygens (including phenoxy) is 2. The van der Waals surface area contributed by atoms with Crippen LogP contribution in [0.2, 0.25) is 0 Å². The first-order chi connectivity index (χ1) is 16.9. The number of rotatable bonds is 6. The molecule has 2 aromatic carbocycles. The normalized spacial score (nSPS) is 21.1. The summed E-state index contributed by atoms with van der Waals surface area (Å²) in [7, 11) is 6.28. The third-order valence-corrected chi connectivity index (χ3v) is 6.61. The summed E-state index contributed by atoms with van der Waals surface area (Å²) in [5.74, 6) is -1.09. The summed E-state index contributed by atoms with van der Waals surface area (Å²) in [5, 5.41) is 2.31. The van der Waals surface area contributed by atoms with Crippen LogP contribution in [0.3, 0.4) is 0 Å². The Labute approximate surface area is 203 Å². The molecular formula is C25H24BN3O6. The van der Waals surface area contributed by atoms with Crippen molar-refractivity contribution in [3.05, 3.63) is 64.7 Å². The topological polar surface area (TPSA) is 105 Å². The fraction of sp³-hybridized carbons (Fsp3) is 0.360. The Hall–Kier alpha value is -3.66. The highest BCUT2D eigenvalue weighted by atomic mass is 16.5. The van der Waals surface area contributed by atoms with Crippen molar-refractivity contribution in [1.29, 1.82) is 0 Å². The lowest BCUT2D eigenvalue weighted by Crippen LogP contribution is -2.52. The maximum Gasteiger partial charge on any atom is 0.255 e. The van der Waals surface area contributed by atoms with Crippen molar-refractivity contribution in [2.75, 3.05) is 19.8 Å². The molecule has 0 aliphatic carbocycles. The van der Waals surface area contributed by atoms with E-state index < -0.39 is 17.9 Å². The minimum Gasteiger partial charge on any atom is -0.489 e. The number of piperidine rings is 1. The number of benzene rings is 2. The molecule has 0 spiro atoms. The first-order valence-electron chi connectivity index (χ1n) is 11.5. The van der Waals surface area contributed by atoms with Gasteiger partial charge in [-0.3, -0.25) is 24.5 Å². The van der Waals surface area contributed by atoms with Crippen LogP contribution in [0.15, 0.2) is 42.5 Å². The molecule has 0 aromatic heterocycles. The predicted molar refractivity (Wildman–Crippen MR) is 124 cm³/mol. The van der Waals surface area contributed by atoms with Crippen molar-refractivity contribution >= 4 is 31.5 Å². The Balaban J connectivity index is 1.25. The lowest BCUT2D eigenvalue weighted by Gasteiger charge is -2.33. The number of imide groups is 1. The Morgan fingerprint density at radius 3 is 2.66 bits per heavy atom. The highest BCUT2D eigenvalue weighted by molar-refractivity contribution is 6.13. The molecule has 3 heterocycles. The molecule has 2 fully saturated rings. The van der Waals surface area contributed by atoms with Gasteiger partial charge >= 0.3 is 0 Å². The first kappa shape index (κ1) is 23.1. The van der Waals surface area contributed by atoms with Crippen molar-refractivity contribution < 1.29 is 28.7 Å². The van der Waals surface area contributed by atoms with Crippen LogP contribution in [-0.2, 0) is 32.3 Å². The van der Waals surface area contributed by atoms with Gasteiger partial charge in [0, 0.05) is 30.0 Å². The maximum atomic E-state index is 13.0. The summed E-state index contributed by atoms with van der Waals surface area (Å²) in [5.41, 5.74) is 2.95. The number of hydrogen-bond acceptors (Lipinski definition) is 6. The zero-order valence-electron chi connectivity index (χ0n) is 19.1. The van der Waals surface area contributed by atoms with Gasteiger partial charge < -0.3 is 19.3 Å². The molecule has 0 saturated carbocycles. The van der Waals surface area contributed by atoms with Crippen LogP contribution in [0.5, 0.6) is 5.75 Å². The SMILES string of the molecule is [B]C(c1ccc(COc2cccc3c2CN(C2CCC(=O)NC2=O)C3=O)cc1)N1CCOCC1=O. The second-order valence-corrected chi connectivity index (χ2v) is 8.80. The van der Waals surface area contributed by atoms with Gasteiger partial charge in [-0.1, -0.05) is 30.3 Å². The molecule has 2 atom stereocenters. The second-order valence-electron chi connectivity index (χ2n) is 8.80.